The fraction of sp³-hybridized carbons (Fsp3) is 0.647. The van der Waals surface area contributed by atoms with E-state index in [1.807, 2.05) is 13.0 Å². The van der Waals surface area contributed by atoms with Crippen molar-refractivity contribution >= 4 is 0 Å². The van der Waals surface area contributed by atoms with Crippen molar-refractivity contribution in [2.75, 3.05) is 13.1 Å². The molecule has 3 heteroatoms. The molecule has 1 aromatic rings. The molecule has 0 spiro atoms. The first-order chi connectivity index (χ1) is 9.72. The molecule has 0 amide bonds. The number of fused-ring (bicyclic) bond motifs is 1. The monoisotopic (exact) mass is 275 g/mol. The van der Waals surface area contributed by atoms with Gasteiger partial charge in [0.15, 0.2) is 0 Å². The van der Waals surface area contributed by atoms with Gasteiger partial charge in [0.25, 0.3) is 0 Å². The van der Waals surface area contributed by atoms with Gasteiger partial charge >= 0.3 is 0 Å². The van der Waals surface area contributed by atoms with E-state index in [2.05, 4.69) is 23.1 Å². The molecule has 0 bridgehead atoms. The van der Waals surface area contributed by atoms with Gasteiger partial charge < -0.3 is 9.84 Å². The number of hydrogen-bond donors (Lipinski definition) is 1. The average molecular weight is 275 g/mol. The van der Waals surface area contributed by atoms with Crippen molar-refractivity contribution in [2.45, 2.75) is 57.3 Å². The summed E-state index contributed by atoms with van der Waals surface area (Å²) in [5.74, 6) is 1.06. The molecule has 3 unspecified atom stereocenters. The number of rotatable bonds is 4. The lowest BCUT2D eigenvalue weighted by atomic mass is 9.96. The summed E-state index contributed by atoms with van der Waals surface area (Å²) in [6, 6.07) is 8.88. The standard InChI is InChI=1S/C17H25NO2/c1-13(19)10-15-7-4-5-9-18(15)12-16-11-14-6-2-3-8-17(14)20-16/h2-3,6,8,13,15-16,19H,4-5,7,9-12H2,1H3. The first-order valence-electron chi connectivity index (χ1n) is 7.89. The Kier molecular flexibility index (Phi) is 4.27. The Morgan fingerprint density at radius 1 is 1.35 bits per heavy atom. The molecule has 3 rings (SSSR count). The molecule has 0 saturated carbocycles. The molecule has 1 N–H and O–H groups in total. The van der Waals surface area contributed by atoms with Crippen LogP contribution in [-0.2, 0) is 6.42 Å². The molecular formula is C17H25NO2. The van der Waals surface area contributed by atoms with Crippen LogP contribution in [0, 0.1) is 0 Å². The van der Waals surface area contributed by atoms with E-state index in [1.165, 1.54) is 24.8 Å². The zero-order valence-electron chi connectivity index (χ0n) is 12.3. The third kappa shape index (κ3) is 3.15. The predicted octanol–water partition coefficient (Wildman–Crippen LogP) is 2.62. The summed E-state index contributed by atoms with van der Waals surface area (Å²) in [5, 5.41) is 9.67. The number of ether oxygens (including phenoxy) is 1. The molecule has 0 radical (unpaired) electrons. The van der Waals surface area contributed by atoms with Crippen molar-refractivity contribution in [2.24, 2.45) is 0 Å². The van der Waals surface area contributed by atoms with Crippen molar-refractivity contribution in [3.8, 4) is 5.75 Å². The fourth-order valence-corrected chi connectivity index (χ4v) is 3.58. The second kappa shape index (κ2) is 6.15. The van der Waals surface area contributed by atoms with Crippen LogP contribution in [0.1, 0.15) is 38.2 Å². The number of para-hydroxylation sites is 1. The van der Waals surface area contributed by atoms with Crippen molar-refractivity contribution in [3.63, 3.8) is 0 Å². The Morgan fingerprint density at radius 2 is 2.20 bits per heavy atom. The molecule has 1 aromatic carbocycles. The maximum absolute atomic E-state index is 9.67. The minimum atomic E-state index is -0.206. The Balaban J connectivity index is 1.60. The molecule has 110 valence electrons. The highest BCUT2D eigenvalue weighted by molar-refractivity contribution is 5.37. The summed E-state index contributed by atoms with van der Waals surface area (Å²) in [5.41, 5.74) is 1.33. The second-order valence-corrected chi connectivity index (χ2v) is 6.28. The lowest BCUT2D eigenvalue weighted by Gasteiger charge is -2.37. The van der Waals surface area contributed by atoms with Crippen LogP contribution in [0.15, 0.2) is 24.3 Å². The maximum Gasteiger partial charge on any atom is 0.123 e. The number of likely N-dealkylation sites (tertiary alicyclic amines) is 1. The number of hydrogen-bond acceptors (Lipinski definition) is 3. The molecule has 1 fully saturated rings. The fourth-order valence-electron chi connectivity index (χ4n) is 3.58. The Hall–Kier alpha value is -1.06. The Labute approximate surface area is 121 Å². The SMILES string of the molecule is CC(O)CC1CCCCN1CC1Cc2ccccc2O1. The van der Waals surface area contributed by atoms with Crippen LogP contribution < -0.4 is 4.74 Å². The lowest BCUT2D eigenvalue weighted by molar-refractivity contribution is 0.0579. The normalized spacial score (nSPS) is 27.9. The molecule has 2 aliphatic heterocycles. The van der Waals surface area contributed by atoms with E-state index in [1.54, 1.807) is 0 Å². The zero-order valence-corrected chi connectivity index (χ0v) is 12.3. The molecule has 20 heavy (non-hydrogen) atoms. The molecule has 2 aliphatic rings. The van der Waals surface area contributed by atoms with E-state index in [4.69, 9.17) is 4.74 Å². The van der Waals surface area contributed by atoms with E-state index in [9.17, 15) is 5.11 Å². The number of nitrogens with zero attached hydrogens (tertiary/aromatic N) is 1. The Morgan fingerprint density at radius 3 is 3.00 bits per heavy atom. The van der Waals surface area contributed by atoms with Gasteiger partial charge in [-0.2, -0.15) is 0 Å². The van der Waals surface area contributed by atoms with Gasteiger partial charge in [0.2, 0.25) is 0 Å². The van der Waals surface area contributed by atoms with Gasteiger partial charge in [-0.25, -0.2) is 0 Å². The van der Waals surface area contributed by atoms with E-state index in [0.29, 0.717) is 6.04 Å². The van der Waals surface area contributed by atoms with Gasteiger partial charge in [0, 0.05) is 19.0 Å². The third-order valence-corrected chi connectivity index (χ3v) is 4.51. The zero-order chi connectivity index (χ0) is 13.9. The third-order valence-electron chi connectivity index (χ3n) is 4.51. The molecule has 2 heterocycles. The van der Waals surface area contributed by atoms with Crippen LogP contribution in [0.3, 0.4) is 0 Å². The predicted molar refractivity (Wildman–Crippen MR) is 80.1 cm³/mol. The van der Waals surface area contributed by atoms with Gasteiger partial charge in [-0.3, -0.25) is 4.90 Å². The first kappa shape index (κ1) is 13.9. The van der Waals surface area contributed by atoms with Crippen LogP contribution in [0.4, 0.5) is 0 Å². The van der Waals surface area contributed by atoms with E-state index < -0.39 is 0 Å². The van der Waals surface area contributed by atoms with Gasteiger partial charge in [0.05, 0.1) is 6.10 Å². The van der Waals surface area contributed by atoms with Crippen molar-refractivity contribution < 1.29 is 9.84 Å². The topological polar surface area (TPSA) is 32.7 Å². The number of aliphatic hydroxyl groups is 1. The Bertz CT molecular complexity index is 421. The summed E-state index contributed by atoms with van der Waals surface area (Å²) in [7, 11) is 0. The minimum absolute atomic E-state index is 0.206. The smallest absolute Gasteiger partial charge is 0.123 e. The molecule has 0 aromatic heterocycles. The molecule has 1 saturated heterocycles. The van der Waals surface area contributed by atoms with Crippen LogP contribution in [0.5, 0.6) is 5.75 Å². The van der Waals surface area contributed by atoms with Gasteiger partial charge in [-0.15, -0.1) is 0 Å². The van der Waals surface area contributed by atoms with Gasteiger partial charge in [0.1, 0.15) is 11.9 Å². The molecule has 3 atom stereocenters. The van der Waals surface area contributed by atoms with Crippen molar-refractivity contribution in [1.82, 2.24) is 4.90 Å². The number of aliphatic hydroxyl groups excluding tert-OH is 1. The first-order valence-corrected chi connectivity index (χ1v) is 7.89. The van der Waals surface area contributed by atoms with Crippen LogP contribution in [-0.4, -0.2) is 41.3 Å². The minimum Gasteiger partial charge on any atom is -0.488 e. The van der Waals surface area contributed by atoms with E-state index in [-0.39, 0.29) is 12.2 Å². The van der Waals surface area contributed by atoms with E-state index in [0.717, 1.165) is 31.7 Å². The summed E-state index contributed by atoms with van der Waals surface area (Å²) < 4.78 is 6.06. The molecule has 3 nitrogen and oxygen atoms in total. The summed E-state index contributed by atoms with van der Waals surface area (Å²) >= 11 is 0. The lowest BCUT2D eigenvalue weighted by Crippen LogP contribution is -2.45. The quantitative estimate of drug-likeness (QED) is 0.917. The highest BCUT2D eigenvalue weighted by atomic mass is 16.5. The second-order valence-electron chi connectivity index (χ2n) is 6.28. The average Bonchev–Trinajstić information content (AvgIpc) is 2.82. The molecule has 0 aliphatic carbocycles. The van der Waals surface area contributed by atoms with Crippen LogP contribution >= 0.6 is 0 Å². The van der Waals surface area contributed by atoms with Gasteiger partial charge in [-0.05, 0) is 44.4 Å². The highest BCUT2D eigenvalue weighted by Gasteiger charge is 2.29. The van der Waals surface area contributed by atoms with Gasteiger partial charge in [-0.1, -0.05) is 24.6 Å². The van der Waals surface area contributed by atoms with Crippen molar-refractivity contribution in [1.29, 1.82) is 0 Å². The summed E-state index contributed by atoms with van der Waals surface area (Å²) in [4.78, 5) is 2.53. The van der Waals surface area contributed by atoms with Crippen LogP contribution in [0.2, 0.25) is 0 Å². The van der Waals surface area contributed by atoms with E-state index >= 15 is 0 Å². The van der Waals surface area contributed by atoms with Crippen molar-refractivity contribution in [3.05, 3.63) is 29.8 Å². The summed E-state index contributed by atoms with van der Waals surface area (Å²) in [6.07, 6.45) is 5.76. The summed E-state index contributed by atoms with van der Waals surface area (Å²) in [6.45, 7) is 4.04. The van der Waals surface area contributed by atoms with Crippen LogP contribution in [0.25, 0.3) is 0 Å². The number of benzene rings is 1. The largest absolute Gasteiger partial charge is 0.488 e. The molecular weight excluding hydrogens is 250 g/mol. The highest BCUT2D eigenvalue weighted by Crippen LogP contribution is 2.30. The maximum atomic E-state index is 9.67. The number of piperidine rings is 1.